The van der Waals surface area contributed by atoms with Gasteiger partial charge in [-0.15, -0.1) is 0 Å². The van der Waals surface area contributed by atoms with Crippen molar-refractivity contribution in [2.75, 3.05) is 5.75 Å². The molecule has 3 nitrogen and oxygen atoms in total. The number of nitrogens with two attached hydrogens (primary N) is 1. The van der Waals surface area contributed by atoms with Gasteiger partial charge in [0.1, 0.15) is 0 Å². The summed E-state index contributed by atoms with van der Waals surface area (Å²) in [6.45, 7) is 0. The summed E-state index contributed by atoms with van der Waals surface area (Å²) >= 11 is 0. The summed E-state index contributed by atoms with van der Waals surface area (Å²) < 4.78 is 21.6. The van der Waals surface area contributed by atoms with Gasteiger partial charge in [0.05, 0.1) is 5.75 Å². The molecule has 0 aromatic carbocycles. The fourth-order valence-corrected chi connectivity index (χ4v) is 3.69. The first-order chi connectivity index (χ1) is 5.58. The van der Waals surface area contributed by atoms with Gasteiger partial charge < -0.3 is 0 Å². The van der Waals surface area contributed by atoms with Crippen molar-refractivity contribution >= 4 is 10.0 Å². The molecule has 0 bridgehead atoms. The van der Waals surface area contributed by atoms with Crippen molar-refractivity contribution in [2.45, 2.75) is 25.7 Å². The Morgan fingerprint density at radius 2 is 1.67 bits per heavy atom. The summed E-state index contributed by atoms with van der Waals surface area (Å²) in [7, 11) is -3.22. The van der Waals surface area contributed by atoms with Crippen LogP contribution < -0.4 is 5.14 Å². The average molecular weight is 189 g/mol. The second-order valence-corrected chi connectivity index (χ2v) is 5.76. The van der Waals surface area contributed by atoms with E-state index in [2.05, 4.69) is 0 Å². The van der Waals surface area contributed by atoms with Gasteiger partial charge in [0.25, 0.3) is 0 Å². The molecule has 70 valence electrons. The van der Waals surface area contributed by atoms with Crippen molar-refractivity contribution in [1.82, 2.24) is 0 Å². The lowest BCUT2D eigenvalue weighted by molar-refractivity contribution is 0.480. The molecule has 2 aliphatic rings. The number of hydrogen-bond acceptors (Lipinski definition) is 2. The molecule has 2 rings (SSSR count). The largest absolute Gasteiger partial charge is 0.229 e. The van der Waals surface area contributed by atoms with Gasteiger partial charge in [-0.1, -0.05) is 12.8 Å². The van der Waals surface area contributed by atoms with Crippen molar-refractivity contribution in [3.05, 3.63) is 0 Å². The molecule has 4 heteroatoms. The minimum Gasteiger partial charge on any atom is -0.229 e. The van der Waals surface area contributed by atoms with Crippen LogP contribution in [-0.2, 0) is 10.0 Å². The van der Waals surface area contributed by atoms with Gasteiger partial charge in [-0.2, -0.15) is 0 Å². The van der Waals surface area contributed by atoms with Crippen LogP contribution in [0.1, 0.15) is 25.7 Å². The molecule has 12 heavy (non-hydrogen) atoms. The smallest absolute Gasteiger partial charge is 0.209 e. The van der Waals surface area contributed by atoms with E-state index >= 15 is 0 Å². The van der Waals surface area contributed by atoms with Gasteiger partial charge >= 0.3 is 0 Å². The highest BCUT2D eigenvalue weighted by Crippen LogP contribution is 2.55. The molecule has 2 saturated carbocycles. The summed E-state index contributed by atoms with van der Waals surface area (Å²) in [6, 6.07) is 0. The molecule has 2 fully saturated rings. The van der Waals surface area contributed by atoms with Crippen LogP contribution in [0.2, 0.25) is 0 Å². The van der Waals surface area contributed by atoms with Crippen LogP contribution in [0.25, 0.3) is 0 Å². The number of fused-ring (bicyclic) bond motifs is 1. The van der Waals surface area contributed by atoms with Crippen molar-refractivity contribution in [2.24, 2.45) is 22.9 Å². The van der Waals surface area contributed by atoms with Crippen LogP contribution in [0.4, 0.5) is 0 Å². The third kappa shape index (κ3) is 1.64. The fraction of sp³-hybridized carbons (Fsp3) is 1.00. The van der Waals surface area contributed by atoms with Gasteiger partial charge in [0.15, 0.2) is 0 Å². The first kappa shape index (κ1) is 8.51. The van der Waals surface area contributed by atoms with E-state index < -0.39 is 10.0 Å². The van der Waals surface area contributed by atoms with Crippen LogP contribution in [-0.4, -0.2) is 14.2 Å². The molecular weight excluding hydrogens is 174 g/mol. The Morgan fingerprint density at radius 1 is 1.17 bits per heavy atom. The summed E-state index contributed by atoms with van der Waals surface area (Å²) in [5, 5.41) is 5.00. The summed E-state index contributed by atoms with van der Waals surface area (Å²) in [4.78, 5) is 0. The highest BCUT2D eigenvalue weighted by atomic mass is 32.2. The average Bonchev–Trinajstić information content (AvgIpc) is 2.61. The zero-order valence-electron chi connectivity index (χ0n) is 7.07. The van der Waals surface area contributed by atoms with Gasteiger partial charge in [-0.3, -0.25) is 0 Å². The predicted molar refractivity (Wildman–Crippen MR) is 46.9 cm³/mol. The van der Waals surface area contributed by atoms with E-state index in [0.717, 1.165) is 0 Å². The molecule has 0 aromatic heterocycles. The Balaban J connectivity index is 1.93. The van der Waals surface area contributed by atoms with Crippen molar-refractivity contribution in [3.8, 4) is 0 Å². The minimum absolute atomic E-state index is 0.225. The van der Waals surface area contributed by atoms with Gasteiger partial charge in [0.2, 0.25) is 10.0 Å². The Kier molecular flexibility index (Phi) is 1.92. The van der Waals surface area contributed by atoms with Crippen LogP contribution in [0, 0.1) is 17.8 Å². The van der Waals surface area contributed by atoms with Crippen LogP contribution >= 0.6 is 0 Å². The Bertz CT molecular complexity index is 261. The normalized spacial score (nSPS) is 40.6. The second kappa shape index (κ2) is 2.70. The Morgan fingerprint density at radius 3 is 2.08 bits per heavy atom. The van der Waals surface area contributed by atoms with E-state index in [-0.39, 0.29) is 5.75 Å². The summed E-state index contributed by atoms with van der Waals surface area (Å²) in [5.74, 6) is 2.01. The number of hydrogen-bond donors (Lipinski definition) is 1. The number of sulfonamides is 1. The van der Waals surface area contributed by atoms with Crippen molar-refractivity contribution in [3.63, 3.8) is 0 Å². The molecule has 2 atom stereocenters. The van der Waals surface area contributed by atoms with E-state index in [4.69, 9.17) is 5.14 Å². The SMILES string of the molecule is NS(=O)(=O)CC1C2CCCCC21. The molecule has 0 saturated heterocycles. The lowest BCUT2D eigenvalue weighted by Crippen LogP contribution is -2.18. The minimum atomic E-state index is -3.22. The monoisotopic (exact) mass is 189 g/mol. The van der Waals surface area contributed by atoms with E-state index in [9.17, 15) is 8.42 Å². The zero-order valence-corrected chi connectivity index (χ0v) is 7.89. The first-order valence-electron chi connectivity index (χ1n) is 4.58. The lowest BCUT2D eigenvalue weighted by atomic mass is 10.0. The molecule has 0 spiro atoms. The zero-order chi connectivity index (χ0) is 8.77. The summed E-state index contributed by atoms with van der Waals surface area (Å²) in [5.41, 5.74) is 0. The molecule has 0 heterocycles. The maximum absolute atomic E-state index is 10.8. The van der Waals surface area contributed by atoms with Crippen molar-refractivity contribution < 1.29 is 8.42 Å². The summed E-state index contributed by atoms with van der Waals surface area (Å²) in [6.07, 6.45) is 5.01. The number of rotatable bonds is 2. The Labute approximate surface area is 73.4 Å². The van der Waals surface area contributed by atoms with Crippen molar-refractivity contribution in [1.29, 1.82) is 0 Å². The molecule has 0 radical (unpaired) electrons. The van der Waals surface area contributed by atoms with Gasteiger partial charge in [0, 0.05) is 0 Å². The van der Waals surface area contributed by atoms with E-state index in [1.165, 1.54) is 25.7 Å². The third-order valence-corrected chi connectivity index (χ3v) is 4.11. The third-order valence-electron chi connectivity index (χ3n) is 3.26. The Hall–Kier alpha value is -0.0900. The topological polar surface area (TPSA) is 60.2 Å². The van der Waals surface area contributed by atoms with E-state index in [0.29, 0.717) is 17.8 Å². The van der Waals surface area contributed by atoms with Crippen LogP contribution in [0.3, 0.4) is 0 Å². The van der Waals surface area contributed by atoms with Gasteiger partial charge in [-0.25, -0.2) is 13.6 Å². The van der Waals surface area contributed by atoms with Crippen LogP contribution in [0.15, 0.2) is 0 Å². The van der Waals surface area contributed by atoms with Gasteiger partial charge in [-0.05, 0) is 30.6 Å². The standard InChI is InChI=1S/C8H15NO2S/c9-12(10,11)5-8-6-3-1-2-4-7(6)8/h6-8H,1-5H2,(H2,9,10,11). The molecule has 2 unspecified atom stereocenters. The predicted octanol–water partition coefficient (Wildman–Crippen LogP) is 0.711. The van der Waals surface area contributed by atoms with Crippen LogP contribution in [0.5, 0.6) is 0 Å². The fourth-order valence-electron chi connectivity index (χ4n) is 2.66. The van der Waals surface area contributed by atoms with E-state index in [1.807, 2.05) is 0 Å². The second-order valence-electron chi connectivity index (χ2n) is 4.11. The maximum atomic E-state index is 10.8. The molecule has 0 amide bonds. The molecule has 2 aliphatic carbocycles. The molecule has 0 aromatic rings. The molecular formula is C8H15NO2S. The maximum Gasteiger partial charge on any atom is 0.209 e. The highest BCUT2D eigenvalue weighted by Gasteiger charge is 2.51. The number of primary sulfonamides is 1. The molecule has 2 N–H and O–H groups in total. The van der Waals surface area contributed by atoms with E-state index in [1.54, 1.807) is 0 Å². The lowest BCUT2D eigenvalue weighted by Gasteiger charge is -2.04. The first-order valence-corrected chi connectivity index (χ1v) is 6.30. The quantitative estimate of drug-likeness (QED) is 0.695. The highest BCUT2D eigenvalue weighted by molar-refractivity contribution is 7.89. The molecule has 0 aliphatic heterocycles.